The Labute approximate surface area is 188 Å². The van der Waals surface area contributed by atoms with Gasteiger partial charge in [0, 0.05) is 23.5 Å². The minimum atomic E-state index is -5.06. The zero-order valence-electron chi connectivity index (χ0n) is 17.5. The fraction of sp³-hybridized carbons (Fsp3) is 0.273. The van der Waals surface area contributed by atoms with Crippen molar-refractivity contribution in [2.24, 2.45) is 0 Å². The number of fused-ring (bicyclic) bond motifs is 1. The highest BCUT2D eigenvalue weighted by Crippen LogP contribution is 2.40. The summed E-state index contributed by atoms with van der Waals surface area (Å²) in [6, 6.07) is 7.25. The molecule has 0 spiro atoms. The second kappa shape index (κ2) is 8.58. The Morgan fingerprint density at radius 3 is 2.53 bits per heavy atom. The van der Waals surface area contributed by atoms with Crippen LogP contribution in [0.2, 0.25) is 0 Å². The van der Waals surface area contributed by atoms with Gasteiger partial charge in [-0.3, -0.25) is 9.89 Å². The Hall–Kier alpha value is -3.70. The number of carbonyl (C=O) groups excluding carboxylic acids is 1. The fourth-order valence-corrected chi connectivity index (χ4v) is 3.72. The lowest BCUT2D eigenvalue weighted by Gasteiger charge is -2.24. The minimum absolute atomic E-state index is 0.0356. The molecule has 1 aliphatic heterocycles. The number of H-pyrrole nitrogens is 1. The predicted octanol–water partition coefficient (Wildman–Crippen LogP) is 5.69. The van der Waals surface area contributed by atoms with E-state index in [1.54, 1.807) is 0 Å². The number of ether oxygens (including phenoxy) is 2. The second-order valence-electron chi connectivity index (χ2n) is 7.71. The fourth-order valence-electron chi connectivity index (χ4n) is 3.72. The molecule has 2 heterocycles. The summed E-state index contributed by atoms with van der Waals surface area (Å²) in [5.41, 5.74) is 0.105. The van der Waals surface area contributed by atoms with Gasteiger partial charge in [-0.1, -0.05) is 23.8 Å². The number of rotatable bonds is 5. The largest absolute Gasteiger partial charge is 0.573 e. The van der Waals surface area contributed by atoms with Gasteiger partial charge in [-0.05, 0) is 30.7 Å². The number of nitrogens with zero attached hydrogens (tertiary/aromatic N) is 1. The molecular formula is C22H17F6N3O3. The number of amides is 1. The van der Waals surface area contributed by atoms with Crippen LogP contribution in [0.5, 0.6) is 11.5 Å². The van der Waals surface area contributed by atoms with Crippen molar-refractivity contribution in [2.45, 2.75) is 38.4 Å². The van der Waals surface area contributed by atoms with E-state index in [0.29, 0.717) is 22.5 Å². The smallest absolute Gasteiger partial charge is 0.488 e. The summed E-state index contributed by atoms with van der Waals surface area (Å²) >= 11 is 0. The molecule has 0 saturated heterocycles. The van der Waals surface area contributed by atoms with Crippen LogP contribution in [0.25, 0.3) is 0 Å². The Morgan fingerprint density at radius 1 is 1.06 bits per heavy atom. The van der Waals surface area contributed by atoms with Crippen LogP contribution >= 0.6 is 0 Å². The maximum atomic E-state index is 13.3. The Morgan fingerprint density at radius 2 is 1.82 bits per heavy atom. The first-order valence-electron chi connectivity index (χ1n) is 9.93. The number of hydrogen-bond donors (Lipinski definition) is 2. The molecule has 1 amide bonds. The summed E-state index contributed by atoms with van der Waals surface area (Å²) in [5.74, 6) is -1.77. The molecule has 1 aromatic heterocycles. The molecule has 34 heavy (non-hydrogen) atoms. The van der Waals surface area contributed by atoms with Gasteiger partial charge in [0.15, 0.2) is 0 Å². The lowest BCUT2D eigenvalue weighted by Crippen LogP contribution is -2.23. The van der Waals surface area contributed by atoms with Crippen LogP contribution in [0, 0.1) is 6.92 Å². The molecule has 0 aliphatic carbocycles. The van der Waals surface area contributed by atoms with E-state index in [4.69, 9.17) is 4.74 Å². The number of aryl methyl sites for hydroxylation is 1. The first kappa shape index (κ1) is 23.5. The molecule has 2 aromatic carbocycles. The van der Waals surface area contributed by atoms with Crippen LogP contribution < -0.4 is 14.8 Å². The molecule has 2 N–H and O–H groups in total. The molecule has 1 aliphatic rings. The molecule has 180 valence electrons. The van der Waals surface area contributed by atoms with Gasteiger partial charge in [0.25, 0.3) is 0 Å². The number of anilines is 1. The van der Waals surface area contributed by atoms with E-state index < -0.39 is 42.1 Å². The second-order valence-corrected chi connectivity index (χ2v) is 7.71. The first-order valence-corrected chi connectivity index (χ1v) is 9.93. The highest BCUT2D eigenvalue weighted by Gasteiger charge is 2.36. The van der Waals surface area contributed by atoms with Gasteiger partial charge >= 0.3 is 12.5 Å². The van der Waals surface area contributed by atoms with E-state index in [0.717, 1.165) is 18.2 Å². The SMILES string of the molecule is Cc1ccc(OCc2ccc(C3CC(=O)Nc4[nH]ncc43)cc2OC(F)(F)F)c(C(F)(F)F)c1. The number of aromatic amines is 1. The summed E-state index contributed by atoms with van der Waals surface area (Å²) in [6.45, 7) is 0.865. The number of aromatic nitrogens is 2. The maximum absolute atomic E-state index is 13.3. The average molecular weight is 485 g/mol. The third-order valence-electron chi connectivity index (χ3n) is 5.24. The molecule has 0 radical (unpaired) electrons. The average Bonchev–Trinajstić information content (AvgIpc) is 3.19. The van der Waals surface area contributed by atoms with Crippen molar-refractivity contribution < 1.29 is 40.6 Å². The topological polar surface area (TPSA) is 76.2 Å². The Kier molecular flexibility index (Phi) is 5.92. The van der Waals surface area contributed by atoms with Crippen molar-refractivity contribution in [3.63, 3.8) is 0 Å². The summed E-state index contributed by atoms with van der Waals surface area (Å²) < 4.78 is 88.7. The predicted molar refractivity (Wildman–Crippen MR) is 107 cm³/mol. The summed E-state index contributed by atoms with van der Waals surface area (Å²) in [4.78, 5) is 12.0. The van der Waals surface area contributed by atoms with Crippen LogP contribution in [-0.4, -0.2) is 22.5 Å². The van der Waals surface area contributed by atoms with E-state index in [1.807, 2.05) is 0 Å². The number of nitrogens with one attached hydrogen (secondary N) is 2. The Bertz CT molecular complexity index is 1220. The molecule has 0 bridgehead atoms. The van der Waals surface area contributed by atoms with E-state index >= 15 is 0 Å². The van der Waals surface area contributed by atoms with Gasteiger partial charge in [-0.15, -0.1) is 13.2 Å². The van der Waals surface area contributed by atoms with Crippen LogP contribution in [0.3, 0.4) is 0 Å². The van der Waals surface area contributed by atoms with Crippen LogP contribution in [0.15, 0.2) is 42.6 Å². The molecule has 0 fully saturated rings. The normalized spacial score (nSPS) is 16.1. The summed E-state index contributed by atoms with van der Waals surface area (Å²) in [5, 5.41) is 9.04. The molecule has 1 atom stereocenters. The van der Waals surface area contributed by atoms with Crippen LogP contribution in [0.4, 0.5) is 32.2 Å². The monoisotopic (exact) mass is 485 g/mol. The number of carbonyl (C=O) groups is 1. The zero-order valence-corrected chi connectivity index (χ0v) is 17.5. The highest BCUT2D eigenvalue weighted by atomic mass is 19.4. The third-order valence-corrected chi connectivity index (χ3v) is 5.24. The number of benzene rings is 2. The molecule has 0 saturated carbocycles. The number of hydrogen-bond acceptors (Lipinski definition) is 4. The van der Waals surface area contributed by atoms with E-state index in [2.05, 4.69) is 20.3 Å². The Balaban J connectivity index is 1.66. The lowest BCUT2D eigenvalue weighted by atomic mass is 9.87. The summed E-state index contributed by atoms with van der Waals surface area (Å²) in [6.07, 6.45) is -8.34. The minimum Gasteiger partial charge on any atom is -0.488 e. The van der Waals surface area contributed by atoms with Crippen molar-refractivity contribution in [3.8, 4) is 11.5 Å². The van der Waals surface area contributed by atoms with Gasteiger partial charge in [0.2, 0.25) is 5.91 Å². The van der Waals surface area contributed by atoms with Crippen molar-refractivity contribution in [1.29, 1.82) is 0 Å². The quantitative estimate of drug-likeness (QED) is 0.456. The van der Waals surface area contributed by atoms with Crippen molar-refractivity contribution in [3.05, 3.63) is 70.4 Å². The third kappa shape index (κ3) is 5.10. The number of alkyl halides is 6. The highest BCUT2D eigenvalue weighted by molar-refractivity contribution is 5.94. The van der Waals surface area contributed by atoms with Gasteiger partial charge < -0.3 is 14.8 Å². The van der Waals surface area contributed by atoms with Crippen molar-refractivity contribution in [1.82, 2.24) is 10.2 Å². The lowest BCUT2D eigenvalue weighted by molar-refractivity contribution is -0.275. The maximum Gasteiger partial charge on any atom is 0.573 e. The molecular weight excluding hydrogens is 468 g/mol. The van der Waals surface area contributed by atoms with Gasteiger partial charge in [0.05, 0.1) is 11.8 Å². The molecule has 1 unspecified atom stereocenters. The van der Waals surface area contributed by atoms with E-state index in [1.165, 1.54) is 31.3 Å². The number of halogens is 6. The van der Waals surface area contributed by atoms with Crippen LogP contribution in [0.1, 0.15) is 40.2 Å². The standard InChI is InChI=1S/C22H17F6N3O3/c1-11-2-5-17(16(6-11)21(23,24)25)33-10-13-4-3-12(7-18(13)34-22(26,27)28)14-8-19(32)30-20-15(14)9-29-31-20/h2-7,9,14H,8,10H2,1H3,(H2,29,30,31,32). The van der Waals surface area contributed by atoms with Gasteiger partial charge in [0.1, 0.15) is 23.9 Å². The van der Waals surface area contributed by atoms with Crippen molar-refractivity contribution in [2.75, 3.05) is 5.32 Å². The van der Waals surface area contributed by atoms with Crippen LogP contribution in [-0.2, 0) is 17.6 Å². The van der Waals surface area contributed by atoms with Crippen molar-refractivity contribution >= 4 is 11.7 Å². The molecule has 12 heteroatoms. The first-order chi connectivity index (χ1) is 15.9. The molecule has 6 nitrogen and oxygen atoms in total. The summed E-state index contributed by atoms with van der Waals surface area (Å²) in [7, 11) is 0. The van der Waals surface area contributed by atoms with E-state index in [9.17, 15) is 31.1 Å². The molecule has 3 aromatic rings. The van der Waals surface area contributed by atoms with Gasteiger partial charge in [-0.25, -0.2) is 0 Å². The molecule has 4 rings (SSSR count). The zero-order chi connectivity index (χ0) is 24.7. The van der Waals surface area contributed by atoms with E-state index in [-0.39, 0.29) is 17.9 Å². The van der Waals surface area contributed by atoms with Gasteiger partial charge in [-0.2, -0.15) is 18.3 Å².